The Labute approximate surface area is 194 Å². The van der Waals surface area contributed by atoms with E-state index in [4.69, 9.17) is 4.74 Å². The Kier molecular flexibility index (Phi) is 10.7. The van der Waals surface area contributed by atoms with Crippen molar-refractivity contribution >= 4 is 29.9 Å². The third-order valence-electron chi connectivity index (χ3n) is 6.29. The molecule has 3 rings (SSSR count). The molecule has 0 amide bonds. The summed E-state index contributed by atoms with van der Waals surface area (Å²) < 4.78 is 6.15. The smallest absolute Gasteiger partial charge is 0.190 e. The van der Waals surface area contributed by atoms with E-state index < -0.39 is 0 Å². The van der Waals surface area contributed by atoms with E-state index in [0.717, 1.165) is 38.0 Å². The molecule has 1 aromatic rings. The largest absolute Gasteiger partial charge is 0.373 e. The highest BCUT2D eigenvalue weighted by Crippen LogP contribution is 2.33. The van der Waals surface area contributed by atoms with Crippen molar-refractivity contribution in [2.24, 2.45) is 16.8 Å². The van der Waals surface area contributed by atoms with Crippen LogP contribution in [0.15, 0.2) is 29.3 Å². The van der Waals surface area contributed by atoms with Crippen LogP contribution in [-0.4, -0.2) is 57.7 Å². The van der Waals surface area contributed by atoms with Gasteiger partial charge in [0, 0.05) is 32.7 Å². The van der Waals surface area contributed by atoms with E-state index in [1.54, 1.807) is 0 Å². The molecule has 2 fully saturated rings. The van der Waals surface area contributed by atoms with Crippen LogP contribution in [0.2, 0.25) is 0 Å². The third-order valence-corrected chi connectivity index (χ3v) is 6.29. The number of rotatable bonds is 6. The van der Waals surface area contributed by atoms with E-state index in [1.165, 1.54) is 49.9 Å². The van der Waals surface area contributed by atoms with Gasteiger partial charge in [0.25, 0.3) is 0 Å². The van der Waals surface area contributed by atoms with Gasteiger partial charge in [-0.05, 0) is 70.6 Å². The Bertz CT molecular complexity index is 614. The predicted molar refractivity (Wildman–Crippen MR) is 132 cm³/mol. The van der Waals surface area contributed by atoms with Gasteiger partial charge in [-0.3, -0.25) is 4.99 Å². The van der Waals surface area contributed by atoms with Gasteiger partial charge in [-0.25, -0.2) is 0 Å². The predicted octanol–water partition coefficient (Wildman–Crippen LogP) is 3.98. The van der Waals surface area contributed by atoms with Crippen molar-refractivity contribution in [1.82, 2.24) is 15.5 Å². The minimum Gasteiger partial charge on any atom is -0.373 e. The van der Waals surface area contributed by atoms with Gasteiger partial charge in [-0.1, -0.05) is 29.8 Å². The molecule has 0 radical (unpaired) electrons. The molecule has 0 saturated carbocycles. The number of aryl methyl sites for hydroxylation is 1. The summed E-state index contributed by atoms with van der Waals surface area (Å²) in [6.07, 6.45) is 6.38. The standard InChI is InChI=1S/C23H38N4O.HI/c1-18-6-8-20(9-7-18)22-21(5-4-16-28-22)17-26-23(24-2)25-13-10-19-11-14-27(3)15-12-19;/h6-9,19,21-22H,4-5,10-17H2,1-3H3,(H2,24,25,26);1H. The average molecular weight is 514 g/mol. The molecular weight excluding hydrogens is 475 g/mol. The Hall–Kier alpha value is -0.860. The summed E-state index contributed by atoms with van der Waals surface area (Å²) in [4.78, 5) is 6.85. The molecule has 2 aliphatic heterocycles. The summed E-state index contributed by atoms with van der Waals surface area (Å²) in [5.41, 5.74) is 2.59. The lowest BCUT2D eigenvalue weighted by Gasteiger charge is -2.33. The molecule has 29 heavy (non-hydrogen) atoms. The number of ether oxygens (including phenoxy) is 1. The molecule has 2 unspecified atom stereocenters. The average Bonchev–Trinajstić information content (AvgIpc) is 2.73. The maximum absolute atomic E-state index is 6.15. The zero-order valence-electron chi connectivity index (χ0n) is 18.3. The molecule has 2 heterocycles. The van der Waals surface area contributed by atoms with E-state index in [2.05, 4.69) is 58.8 Å². The molecule has 2 N–H and O–H groups in total. The molecule has 2 aliphatic rings. The number of benzene rings is 1. The van der Waals surface area contributed by atoms with Crippen molar-refractivity contribution in [2.75, 3.05) is 46.9 Å². The second kappa shape index (κ2) is 12.7. The maximum Gasteiger partial charge on any atom is 0.190 e. The van der Waals surface area contributed by atoms with Gasteiger partial charge in [-0.15, -0.1) is 24.0 Å². The number of aliphatic imine (C=N–C) groups is 1. The summed E-state index contributed by atoms with van der Waals surface area (Å²) >= 11 is 0. The number of piperidine rings is 1. The van der Waals surface area contributed by atoms with Gasteiger partial charge in [0.15, 0.2) is 5.96 Å². The van der Waals surface area contributed by atoms with Crippen molar-refractivity contribution in [2.45, 2.75) is 45.1 Å². The lowest BCUT2D eigenvalue weighted by molar-refractivity contribution is -0.0265. The first-order chi connectivity index (χ1) is 13.7. The molecule has 0 aliphatic carbocycles. The van der Waals surface area contributed by atoms with Crippen LogP contribution >= 0.6 is 24.0 Å². The molecule has 6 heteroatoms. The zero-order chi connectivity index (χ0) is 19.8. The third kappa shape index (κ3) is 7.72. The van der Waals surface area contributed by atoms with Gasteiger partial charge in [0.1, 0.15) is 0 Å². The molecule has 0 aromatic heterocycles. The topological polar surface area (TPSA) is 48.9 Å². The van der Waals surface area contributed by atoms with Gasteiger partial charge >= 0.3 is 0 Å². The monoisotopic (exact) mass is 514 g/mol. The molecule has 2 saturated heterocycles. The fourth-order valence-electron chi connectivity index (χ4n) is 4.37. The van der Waals surface area contributed by atoms with Crippen LogP contribution in [0.4, 0.5) is 0 Å². The maximum atomic E-state index is 6.15. The minimum atomic E-state index is 0. The lowest BCUT2D eigenvalue weighted by atomic mass is 9.89. The van der Waals surface area contributed by atoms with E-state index in [1.807, 2.05) is 7.05 Å². The Balaban J connectivity index is 0.00000300. The number of hydrogen-bond donors (Lipinski definition) is 2. The number of nitrogens with zero attached hydrogens (tertiary/aromatic N) is 2. The fraction of sp³-hybridized carbons (Fsp3) is 0.696. The van der Waals surface area contributed by atoms with E-state index >= 15 is 0 Å². The molecule has 0 spiro atoms. The summed E-state index contributed by atoms with van der Waals surface area (Å²) in [7, 11) is 4.08. The molecule has 5 nitrogen and oxygen atoms in total. The quantitative estimate of drug-likeness (QED) is 0.343. The van der Waals surface area contributed by atoms with Crippen molar-refractivity contribution in [3.63, 3.8) is 0 Å². The second-order valence-corrected chi connectivity index (χ2v) is 8.52. The van der Waals surface area contributed by atoms with Gasteiger partial charge < -0.3 is 20.3 Å². The highest BCUT2D eigenvalue weighted by atomic mass is 127. The normalized spacial score (nSPS) is 24.0. The van der Waals surface area contributed by atoms with Crippen molar-refractivity contribution < 1.29 is 4.74 Å². The Morgan fingerprint density at radius 1 is 1.14 bits per heavy atom. The van der Waals surface area contributed by atoms with Crippen LogP contribution in [0.1, 0.15) is 49.3 Å². The first kappa shape index (κ1) is 24.4. The highest BCUT2D eigenvalue weighted by molar-refractivity contribution is 14.0. The van der Waals surface area contributed by atoms with Gasteiger partial charge in [-0.2, -0.15) is 0 Å². The molecular formula is C23H39IN4O. The minimum absolute atomic E-state index is 0. The lowest BCUT2D eigenvalue weighted by Crippen LogP contribution is -2.42. The summed E-state index contributed by atoms with van der Waals surface area (Å²) in [6, 6.07) is 8.79. The van der Waals surface area contributed by atoms with Crippen molar-refractivity contribution in [1.29, 1.82) is 0 Å². The Morgan fingerprint density at radius 3 is 2.55 bits per heavy atom. The number of likely N-dealkylation sites (tertiary alicyclic amines) is 1. The molecule has 1 aromatic carbocycles. The van der Waals surface area contributed by atoms with E-state index in [9.17, 15) is 0 Å². The SMILES string of the molecule is CN=C(NCCC1CCN(C)CC1)NCC1CCCOC1c1ccc(C)cc1.I. The van der Waals surface area contributed by atoms with Crippen LogP contribution in [0.5, 0.6) is 0 Å². The number of hydrogen-bond acceptors (Lipinski definition) is 3. The van der Waals surface area contributed by atoms with E-state index in [-0.39, 0.29) is 30.1 Å². The fourth-order valence-corrected chi connectivity index (χ4v) is 4.37. The number of guanidine groups is 1. The second-order valence-electron chi connectivity index (χ2n) is 8.52. The van der Waals surface area contributed by atoms with Crippen molar-refractivity contribution in [3.8, 4) is 0 Å². The van der Waals surface area contributed by atoms with Crippen molar-refractivity contribution in [3.05, 3.63) is 35.4 Å². The van der Waals surface area contributed by atoms with Crippen LogP contribution < -0.4 is 10.6 Å². The molecule has 0 bridgehead atoms. The summed E-state index contributed by atoms with van der Waals surface area (Å²) in [5.74, 6) is 2.24. The van der Waals surface area contributed by atoms with E-state index in [0.29, 0.717) is 5.92 Å². The summed E-state index contributed by atoms with van der Waals surface area (Å²) in [6.45, 7) is 7.35. The van der Waals surface area contributed by atoms with Gasteiger partial charge in [0.2, 0.25) is 0 Å². The highest BCUT2D eigenvalue weighted by Gasteiger charge is 2.27. The van der Waals surface area contributed by atoms with Crippen LogP contribution in [0.25, 0.3) is 0 Å². The number of halogens is 1. The van der Waals surface area contributed by atoms with Crippen LogP contribution in [-0.2, 0) is 4.74 Å². The molecule has 164 valence electrons. The Morgan fingerprint density at radius 2 is 1.86 bits per heavy atom. The first-order valence-electron chi connectivity index (χ1n) is 11.0. The van der Waals surface area contributed by atoms with Crippen LogP contribution in [0.3, 0.4) is 0 Å². The first-order valence-corrected chi connectivity index (χ1v) is 11.0. The number of nitrogens with one attached hydrogen (secondary N) is 2. The summed E-state index contributed by atoms with van der Waals surface area (Å²) in [5, 5.41) is 7.06. The van der Waals surface area contributed by atoms with Gasteiger partial charge in [0.05, 0.1) is 6.10 Å². The molecule has 2 atom stereocenters. The van der Waals surface area contributed by atoms with Crippen LogP contribution in [0, 0.1) is 18.8 Å². The zero-order valence-corrected chi connectivity index (χ0v) is 20.7.